The summed E-state index contributed by atoms with van der Waals surface area (Å²) < 4.78 is 0. The van der Waals surface area contributed by atoms with E-state index < -0.39 is 0 Å². The largest absolute Gasteiger partial charge is 0.366 e. The summed E-state index contributed by atoms with van der Waals surface area (Å²) in [6, 6.07) is 13.0. The number of anilines is 1. The Morgan fingerprint density at radius 3 is 2.69 bits per heavy atom. The standard InChI is InChI=1S/C24H29N5/c1-15-7-10-22-20(13-15)24(28-21-11-8-18(25)14-16(21)2)29-23(27-22)12-9-19-6-4-5-17(3)26-19/h4-7,9-10,12-13,16,18,21H,8,11,14,25H2,1-3H3,(H,27,28,29)/b12-9+. The first-order chi connectivity index (χ1) is 14.0. The highest BCUT2D eigenvalue weighted by Gasteiger charge is 2.26. The van der Waals surface area contributed by atoms with E-state index in [1.807, 2.05) is 37.3 Å². The van der Waals surface area contributed by atoms with Crippen LogP contribution < -0.4 is 11.1 Å². The van der Waals surface area contributed by atoms with Crippen molar-refractivity contribution in [1.82, 2.24) is 15.0 Å². The molecular formula is C24H29N5. The van der Waals surface area contributed by atoms with E-state index in [0.29, 0.717) is 23.8 Å². The Labute approximate surface area is 172 Å². The van der Waals surface area contributed by atoms with Crippen LogP contribution in [0.15, 0.2) is 36.4 Å². The third-order valence-electron chi connectivity index (χ3n) is 5.71. The fourth-order valence-electron chi connectivity index (χ4n) is 4.09. The minimum Gasteiger partial charge on any atom is -0.366 e. The first-order valence-corrected chi connectivity index (χ1v) is 10.4. The quantitative estimate of drug-likeness (QED) is 0.676. The number of aromatic nitrogens is 3. The van der Waals surface area contributed by atoms with E-state index in [2.05, 4.69) is 42.3 Å². The van der Waals surface area contributed by atoms with Crippen LogP contribution in [-0.4, -0.2) is 27.0 Å². The van der Waals surface area contributed by atoms with E-state index in [0.717, 1.165) is 47.4 Å². The van der Waals surface area contributed by atoms with Crippen molar-refractivity contribution in [2.24, 2.45) is 11.7 Å². The molecule has 4 rings (SSSR count). The van der Waals surface area contributed by atoms with E-state index >= 15 is 0 Å². The summed E-state index contributed by atoms with van der Waals surface area (Å²) in [5.41, 5.74) is 10.2. The minimum absolute atomic E-state index is 0.313. The van der Waals surface area contributed by atoms with Gasteiger partial charge >= 0.3 is 0 Å². The molecule has 3 aromatic rings. The number of pyridine rings is 1. The Balaban J connectivity index is 1.68. The van der Waals surface area contributed by atoms with Crippen molar-refractivity contribution in [2.75, 3.05) is 5.32 Å². The molecule has 2 aromatic heterocycles. The molecule has 0 spiro atoms. The molecule has 0 radical (unpaired) electrons. The number of nitrogens with one attached hydrogen (secondary N) is 1. The Kier molecular flexibility index (Phi) is 5.58. The van der Waals surface area contributed by atoms with Crippen LogP contribution in [0, 0.1) is 19.8 Å². The molecular weight excluding hydrogens is 358 g/mol. The lowest BCUT2D eigenvalue weighted by molar-refractivity contribution is 0.314. The van der Waals surface area contributed by atoms with E-state index in [-0.39, 0.29) is 0 Å². The van der Waals surface area contributed by atoms with Crippen molar-refractivity contribution in [2.45, 2.75) is 52.1 Å². The molecule has 5 nitrogen and oxygen atoms in total. The van der Waals surface area contributed by atoms with Gasteiger partial charge in [0.2, 0.25) is 0 Å². The van der Waals surface area contributed by atoms with Crippen molar-refractivity contribution < 1.29 is 0 Å². The summed E-state index contributed by atoms with van der Waals surface area (Å²) in [7, 11) is 0. The third-order valence-corrected chi connectivity index (χ3v) is 5.71. The molecule has 5 heteroatoms. The van der Waals surface area contributed by atoms with Gasteiger partial charge in [-0.2, -0.15) is 0 Å². The van der Waals surface area contributed by atoms with Crippen LogP contribution in [0.4, 0.5) is 5.82 Å². The van der Waals surface area contributed by atoms with Gasteiger partial charge in [-0.25, -0.2) is 9.97 Å². The summed E-state index contributed by atoms with van der Waals surface area (Å²) in [6.45, 7) is 6.36. The van der Waals surface area contributed by atoms with Gasteiger partial charge in [0.15, 0.2) is 5.82 Å². The highest BCUT2D eigenvalue weighted by atomic mass is 15.1. The predicted octanol–water partition coefficient (Wildman–Crippen LogP) is 4.74. The molecule has 2 heterocycles. The third kappa shape index (κ3) is 4.62. The maximum Gasteiger partial charge on any atom is 0.155 e. The van der Waals surface area contributed by atoms with Crippen LogP contribution in [-0.2, 0) is 0 Å². The Morgan fingerprint density at radius 1 is 1.03 bits per heavy atom. The van der Waals surface area contributed by atoms with Gasteiger partial charge in [0.1, 0.15) is 5.82 Å². The lowest BCUT2D eigenvalue weighted by atomic mass is 9.83. The van der Waals surface area contributed by atoms with Crippen LogP contribution in [0.3, 0.4) is 0 Å². The fourth-order valence-corrected chi connectivity index (χ4v) is 4.09. The molecule has 1 aromatic carbocycles. The van der Waals surface area contributed by atoms with Crippen molar-refractivity contribution in [3.63, 3.8) is 0 Å². The second kappa shape index (κ2) is 8.29. The van der Waals surface area contributed by atoms with E-state index in [1.54, 1.807) is 0 Å². The molecule has 3 unspecified atom stereocenters. The summed E-state index contributed by atoms with van der Waals surface area (Å²) in [5, 5.41) is 4.78. The SMILES string of the molecule is Cc1ccc2nc(/C=C/c3cccc(C)n3)nc(NC3CCC(N)CC3C)c2c1. The Bertz CT molecular complexity index is 1040. The maximum absolute atomic E-state index is 6.15. The number of nitrogens with zero attached hydrogens (tertiary/aromatic N) is 3. The molecule has 150 valence electrons. The summed E-state index contributed by atoms with van der Waals surface area (Å²) in [5.74, 6) is 2.11. The fraction of sp³-hybridized carbons (Fsp3) is 0.375. The summed E-state index contributed by atoms with van der Waals surface area (Å²) in [6.07, 6.45) is 7.07. The van der Waals surface area contributed by atoms with Crippen molar-refractivity contribution in [3.05, 3.63) is 59.2 Å². The average Bonchev–Trinajstić information content (AvgIpc) is 2.69. The van der Waals surface area contributed by atoms with E-state index in [4.69, 9.17) is 15.7 Å². The number of aryl methyl sites for hydroxylation is 2. The molecule has 0 bridgehead atoms. The van der Waals surface area contributed by atoms with Crippen molar-refractivity contribution >= 4 is 28.9 Å². The maximum atomic E-state index is 6.15. The average molecular weight is 388 g/mol. The molecule has 0 amide bonds. The monoisotopic (exact) mass is 387 g/mol. The zero-order valence-electron chi connectivity index (χ0n) is 17.4. The van der Waals surface area contributed by atoms with Crippen LogP contribution in [0.25, 0.3) is 23.1 Å². The Hall–Kier alpha value is -2.79. The van der Waals surface area contributed by atoms with Gasteiger partial charge in [-0.15, -0.1) is 0 Å². The number of benzene rings is 1. The molecule has 1 aliphatic carbocycles. The lowest BCUT2D eigenvalue weighted by Gasteiger charge is -2.33. The highest BCUT2D eigenvalue weighted by molar-refractivity contribution is 5.90. The number of rotatable bonds is 4. The zero-order valence-corrected chi connectivity index (χ0v) is 17.4. The molecule has 1 fully saturated rings. The van der Waals surface area contributed by atoms with Gasteiger partial charge < -0.3 is 11.1 Å². The van der Waals surface area contributed by atoms with Crippen LogP contribution in [0.2, 0.25) is 0 Å². The summed E-state index contributed by atoms with van der Waals surface area (Å²) >= 11 is 0. The highest BCUT2D eigenvalue weighted by Crippen LogP contribution is 2.29. The summed E-state index contributed by atoms with van der Waals surface area (Å²) in [4.78, 5) is 14.1. The predicted molar refractivity (Wildman–Crippen MR) is 121 cm³/mol. The lowest BCUT2D eigenvalue weighted by Crippen LogP contribution is -2.39. The van der Waals surface area contributed by atoms with E-state index in [9.17, 15) is 0 Å². The minimum atomic E-state index is 0.313. The van der Waals surface area contributed by atoms with Gasteiger partial charge in [-0.05, 0) is 75.4 Å². The Morgan fingerprint density at radius 2 is 1.90 bits per heavy atom. The van der Waals surface area contributed by atoms with Crippen LogP contribution in [0.5, 0.6) is 0 Å². The molecule has 1 aliphatic rings. The first kappa shape index (κ1) is 19.5. The molecule has 3 atom stereocenters. The number of nitrogens with two attached hydrogens (primary N) is 1. The molecule has 0 saturated heterocycles. The second-order valence-electron chi connectivity index (χ2n) is 8.29. The van der Waals surface area contributed by atoms with Gasteiger partial charge in [0.05, 0.1) is 11.2 Å². The number of fused-ring (bicyclic) bond motifs is 1. The smallest absolute Gasteiger partial charge is 0.155 e. The topological polar surface area (TPSA) is 76.7 Å². The molecule has 3 N–H and O–H groups in total. The second-order valence-corrected chi connectivity index (χ2v) is 8.29. The van der Waals surface area contributed by atoms with Crippen LogP contribution in [0.1, 0.15) is 49.0 Å². The first-order valence-electron chi connectivity index (χ1n) is 10.4. The van der Waals surface area contributed by atoms with Crippen molar-refractivity contribution in [3.8, 4) is 0 Å². The van der Waals surface area contributed by atoms with Gasteiger partial charge in [0, 0.05) is 23.2 Å². The zero-order chi connectivity index (χ0) is 20.4. The molecule has 0 aliphatic heterocycles. The van der Waals surface area contributed by atoms with Gasteiger partial charge in [-0.3, -0.25) is 4.98 Å². The normalized spacial score (nSPS) is 22.3. The van der Waals surface area contributed by atoms with Crippen molar-refractivity contribution in [1.29, 1.82) is 0 Å². The van der Waals surface area contributed by atoms with Gasteiger partial charge in [0.25, 0.3) is 0 Å². The van der Waals surface area contributed by atoms with E-state index in [1.165, 1.54) is 5.56 Å². The molecule has 1 saturated carbocycles. The number of hydrogen-bond donors (Lipinski definition) is 2. The van der Waals surface area contributed by atoms with Crippen LogP contribution >= 0.6 is 0 Å². The number of hydrogen-bond acceptors (Lipinski definition) is 5. The van der Waals surface area contributed by atoms with Gasteiger partial charge in [-0.1, -0.05) is 24.6 Å². The molecule has 29 heavy (non-hydrogen) atoms.